The van der Waals surface area contributed by atoms with Gasteiger partial charge < -0.3 is 15.0 Å². The molecule has 1 fully saturated rings. The first kappa shape index (κ1) is 14.5. The molecule has 0 saturated heterocycles. The highest BCUT2D eigenvalue weighted by molar-refractivity contribution is 5.21. The van der Waals surface area contributed by atoms with Crippen LogP contribution in [0.5, 0.6) is 0 Å². The second-order valence-electron chi connectivity index (χ2n) is 5.36. The molecule has 0 bridgehead atoms. The van der Waals surface area contributed by atoms with Crippen molar-refractivity contribution < 1.29 is 4.74 Å². The number of hydrogen-bond donors (Lipinski definition) is 1. The molecule has 1 aromatic carbocycles. The van der Waals surface area contributed by atoms with Crippen LogP contribution in [0.15, 0.2) is 24.3 Å². The van der Waals surface area contributed by atoms with Gasteiger partial charge >= 0.3 is 0 Å². The quantitative estimate of drug-likeness (QED) is 0.692. The lowest BCUT2D eigenvalue weighted by Gasteiger charge is -2.15. The summed E-state index contributed by atoms with van der Waals surface area (Å²) in [6, 6.07) is 9.51. The lowest BCUT2D eigenvalue weighted by Crippen LogP contribution is -2.25. The van der Waals surface area contributed by atoms with Gasteiger partial charge in [-0.05, 0) is 37.6 Å². The molecule has 0 spiro atoms. The van der Waals surface area contributed by atoms with E-state index in [1.807, 2.05) is 0 Å². The third-order valence-corrected chi connectivity index (χ3v) is 3.63. The van der Waals surface area contributed by atoms with Gasteiger partial charge in [0.25, 0.3) is 0 Å². The Hall–Kier alpha value is -0.900. The van der Waals surface area contributed by atoms with Crippen LogP contribution in [0.1, 0.15) is 30.9 Å². The molecule has 3 heteroatoms. The van der Waals surface area contributed by atoms with E-state index in [9.17, 15) is 0 Å². The summed E-state index contributed by atoms with van der Waals surface area (Å²) in [4.78, 5) is 2.40. The fraction of sp³-hybridized carbons (Fsp3) is 0.625. The minimum atomic E-state index is 0.722. The predicted octanol–water partition coefficient (Wildman–Crippen LogP) is 2.41. The Morgan fingerprint density at radius 1 is 1.21 bits per heavy atom. The Morgan fingerprint density at radius 3 is 2.53 bits per heavy atom. The minimum absolute atomic E-state index is 0.722. The second kappa shape index (κ2) is 7.63. The summed E-state index contributed by atoms with van der Waals surface area (Å²) in [5, 5.41) is 3.33. The summed E-state index contributed by atoms with van der Waals surface area (Å²) in [6.07, 6.45) is 2.73. The van der Waals surface area contributed by atoms with Crippen LogP contribution in [0.3, 0.4) is 0 Å². The standard InChI is InChI=1S/C16H26N2O/c1-3-17-12-14-4-6-15(7-5-14)13-19-11-10-18(2)16-8-9-16/h4-7,16-17H,3,8-13H2,1-2H3. The molecule has 0 amide bonds. The van der Waals surface area contributed by atoms with Crippen molar-refractivity contribution >= 4 is 0 Å². The predicted molar refractivity (Wildman–Crippen MR) is 79.1 cm³/mol. The highest BCUT2D eigenvalue weighted by Gasteiger charge is 2.25. The molecule has 0 aromatic heterocycles. The molecular weight excluding hydrogens is 236 g/mol. The van der Waals surface area contributed by atoms with Crippen LogP contribution in [0.25, 0.3) is 0 Å². The van der Waals surface area contributed by atoms with Gasteiger partial charge in [-0.15, -0.1) is 0 Å². The van der Waals surface area contributed by atoms with Gasteiger partial charge in [-0.25, -0.2) is 0 Å². The van der Waals surface area contributed by atoms with Gasteiger partial charge in [0.2, 0.25) is 0 Å². The number of likely N-dealkylation sites (N-methyl/N-ethyl adjacent to an activating group) is 1. The summed E-state index contributed by atoms with van der Waals surface area (Å²) in [5.74, 6) is 0. The lowest BCUT2D eigenvalue weighted by molar-refractivity contribution is 0.0978. The summed E-state index contributed by atoms with van der Waals surface area (Å²) in [5.41, 5.74) is 2.59. The minimum Gasteiger partial charge on any atom is -0.375 e. The number of nitrogens with zero attached hydrogens (tertiary/aromatic N) is 1. The fourth-order valence-electron chi connectivity index (χ4n) is 2.12. The van der Waals surface area contributed by atoms with E-state index in [-0.39, 0.29) is 0 Å². The van der Waals surface area contributed by atoms with Crippen molar-refractivity contribution in [3.05, 3.63) is 35.4 Å². The normalized spacial score (nSPS) is 15.1. The Bertz CT molecular complexity index is 360. The Morgan fingerprint density at radius 2 is 1.89 bits per heavy atom. The molecule has 19 heavy (non-hydrogen) atoms. The monoisotopic (exact) mass is 262 g/mol. The molecule has 1 aliphatic rings. The van der Waals surface area contributed by atoms with Gasteiger partial charge in [0, 0.05) is 19.1 Å². The zero-order chi connectivity index (χ0) is 13.5. The second-order valence-corrected chi connectivity index (χ2v) is 5.36. The summed E-state index contributed by atoms with van der Waals surface area (Å²) in [7, 11) is 2.19. The molecule has 106 valence electrons. The molecular formula is C16H26N2O. The SMILES string of the molecule is CCNCc1ccc(COCCN(C)C2CC2)cc1. The molecule has 0 atom stereocenters. The summed E-state index contributed by atoms with van der Waals surface area (Å²) < 4.78 is 5.73. The maximum atomic E-state index is 5.73. The number of benzene rings is 1. The van der Waals surface area contributed by atoms with Crippen LogP contribution in [0, 0.1) is 0 Å². The van der Waals surface area contributed by atoms with Gasteiger partial charge in [0.15, 0.2) is 0 Å². The van der Waals surface area contributed by atoms with E-state index >= 15 is 0 Å². The highest BCUT2D eigenvalue weighted by atomic mass is 16.5. The van der Waals surface area contributed by atoms with Crippen LogP contribution in [-0.2, 0) is 17.9 Å². The number of nitrogens with one attached hydrogen (secondary N) is 1. The Kier molecular flexibility index (Phi) is 5.83. The number of rotatable bonds is 9. The van der Waals surface area contributed by atoms with Crippen LogP contribution < -0.4 is 5.32 Å². The first-order valence-corrected chi connectivity index (χ1v) is 7.36. The Balaban J connectivity index is 1.62. The molecule has 0 unspecified atom stereocenters. The Labute approximate surface area is 116 Å². The van der Waals surface area contributed by atoms with Crippen LogP contribution in [0.2, 0.25) is 0 Å². The van der Waals surface area contributed by atoms with Gasteiger partial charge in [-0.2, -0.15) is 0 Å². The third kappa shape index (κ3) is 5.31. The molecule has 1 saturated carbocycles. The van der Waals surface area contributed by atoms with E-state index in [0.29, 0.717) is 0 Å². The average molecular weight is 262 g/mol. The van der Waals surface area contributed by atoms with Gasteiger partial charge in [0.1, 0.15) is 0 Å². The van der Waals surface area contributed by atoms with E-state index in [1.54, 1.807) is 0 Å². The topological polar surface area (TPSA) is 24.5 Å². The molecule has 1 aliphatic carbocycles. The molecule has 0 radical (unpaired) electrons. The van der Waals surface area contributed by atoms with Gasteiger partial charge in [0.05, 0.1) is 13.2 Å². The zero-order valence-corrected chi connectivity index (χ0v) is 12.2. The third-order valence-electron chi connectivity index (χ3n) is 3.63. The van der Waals surface area contributed by atoms with Crippen molar-refractivity contribution in [2.24, 2.45) is 0 Å². The molecule has 1 N–H and O–H groups in total. The van der Waals surface area contributed by atoms with Gasteiger partial charge in [-0.3, -0.25) is 0 Å². The molecule has 2 rings (SSSR count). The van der Waals surface area contributed by atoms with E-state index in [2.05, 4.69) is 48.5 Å². The zero-order valence-electron chi connectivity index (χ0n) is 12.2. The number of ether oxygens (including phenoxy) is 1. The smallest absolute Gasteiger partial charge is 0.0717 e. The maximum absolute atomic E-state index is 5.73. The number of hydrogen-bond acceptors (Lipinski definition) is 3. The maximum Gasteiger partial charge on any atom is 0.0717 e. The van der Waals surface area contributed by atoms with Gasteiger partial charge in [-0.1, -0.05) is 31.2 Å². The summed E-state index contributed by atoms with van der Waals surface area (Å²) >= 11 is 0. The van der Waals surface area contributed by atoms with Crippen molar-refractivity contribution in [2.75, 3.05) is 26.7 Å². The molecule has 0 aliphatic heterocycles. The first-order chi connectivity index (χ1) is 9.29. The summed E-state index contributed by atoms with van der Waals surface area (Å²) in [6.45, 7) is 6.68. The van der Waals surface area contributed by atoms with Crippen molar-refractivity contribution in [1.29, 1.82) is 0 Å². The molecule has 3 nitrogen and oxygen atoms in total. The van der Waals surface area contributed by atoms with E-state index in [1.165, 1.54) is 24.0 Å². The van der Waals surface area contributed by atoms with Crippen molar-refractivity contribution in [2.45, 2.75) is 39.0 Å². The van der Waals surface area contributed by atoms with E-state index < -0.39 is 0 Å². The first-order valence-electron chi connectivity index (χ1n) is 7.36. The van der Waals surface area contributed by atoms with E-state index in [0.717, 1.165) is 38.9 Å². The highest BCUT2D eigenvalue weighted by Crippen LogP contribution is 2.24. The fourth-order valence-corrected chi connectivity index (χ4v) is 2.12. The van der Waals surface area contributed by atoms with Crippen LogP contribution in [-0.4, -0.2) is 37.7 Å². The molecule has 0 heterocycles. The van der Waals surface area contributed by atoms with Crippen LogP contribution >= 0.6 is 0 Å². The van der Waals surface area contributed by atoms with Crippen LogP contribution in [0.4, 0.5) is 0 Å². The molecule has 1 aromatic rings. The largest absolute Gasteiger partial charge is 0.375 e. The lowest BCUT2D eigenvalue weighted by atomic mass is 10.1. The van der Waals surface area contributed by atoms with Crippen molar-refractivity contribution in [3.8, 4) is 0 Å². The average Bonchev–Trinajstić information content (AvgIpc) is 3.27. The van der Waals surface area contributed by atoms with Crippen molar-refractivity contribution in [1.82, 2.24) is 10.2 Å². The van der Waals surface area contributed by atoms with E-state index in [4.69, 9.17) is 4.74 Å². The van der Waals surface area contributed by atoms with Crippen molar-refractivity contribution in [3.63, 3.8) is 0 Å².